The fourth-order valence-electron chi connectivity index (χ4n) is 3.27. The van der Waals surface area contributed by atoms with Crippen LogP contribution < -0.4 is 10.1 Å². The summed E-state index contributed by atoms with van der Waals surface area (Å²) in [5, 5.41) is 4.25. The molecule has 0 aliphatic heterocycles. The molecule has 0 amide bonds. The molecule has 29 heavy (non-hydrogen) atoms. The summed E-state index contributed by atoms with van der Waals surface area (Å²) in [5.74, 6) is 1.36. The fourth-order valence-corrected chi connectivity index (χ4v) is 4.30. The van der Waals surface area contributed by atoms with E-state index in [1.54, 1.807) is 17.5 Å². The highest BCUT2D eigenvalue weighted by Gasteiger charge is 2.20. The number of pyridine rings is 1. The normalized spacial score (nSPS) is 11.6. The Morgan fingerprint density at radius 2 is 1.69 bits per heavy atom. The molecule has 0 aliphatic rings. The van der Waals surface area contributed by atoms with Crippen molar-refractivity contribution in [2.45, 2.75) is 40.0 Å². The van der Waals surface area contributed by atoms with Crippen molar-refractivity contribution in [3.8, 4) is 11.6 Å². The van der Waals surface area contributed by atoms with E-state index in [2.05, 4.69) is 63.1 Å². The van der Waals surface area contributed by atoms with Crippen molar-refractivity contribution in [1.29, 1.82) is 0 Å². The van der Waals surface area contributed by atoms with E-state index in [-0.39, 0.29) is 5.41 Å². The van der Waals surface area contributed by atoms with Crippen LogP contribution in [0.1, 0.15) is 37.5 Å². The monoisotopic (exact) mass is 403 g/mol. The molecule has 0 fully saturated rings. The molecule has 148 valence electrons. The number of fused-ring (bicyclic) bond motifs is 1. The predicted molar refractivity (Wildman–Crippen MR) is 122 cm³/mol. The van der Waals surface area contributed by atoms with Gasteiger partial charge in [-0.2, -0.15) is 0 Å². The molecule has 0 radical (unpaired) electrons. The first-order valence-electron chi connectivity index (χ1n) is 9.69. The van der Waals surface area contributed by atoms with E-state index < -0.39 is 0 Å². The molecule has 0 spiro atoms. The summed E-state index contributed by atoms with van der Waals surface area (Å²) in [5.41, 5.74) is 5.37. The lowest BCUT2D eigenvalue weighted by atomic mass is 9.86. The third-order valence-corrected chi connectivity index (χ3v) is 5.96. The van der Waals surface area contributed by atoms with Gasteiger partial charge in [-0.3, -0.25) is 0 Å². The summed E-state index contributed by atoms with van der Waals surface area (Å²) >= 11 is 1.65. The van der Waals surface area contributed by atoms with E-state index in [0.29, 0.717) is 5.88 Å². The van der Waals surface area contributed by atoms with E-state index >= 15 is 0 Å². The van der Waals surface area contributed by atoms with Crippen molar-refractivity contribution in [2.24, 2.45) is 0 Å². The van der Waals surface area contributed by atoms with E-state index in [1.807, 2.05) is 30.3 Å². The first-order chi connectivity index (χ1) is 13.8. The van der Waals surface area contributed by atoms with Crippen LogP contribution in [-0.4, -0.2) is 9.97 Å². The van der Waals surface area contributed by atoms with Gasteiger partial charge < -0.3 is 10.1 Å². The molecule has 0 atom stereocenters. The zero-order chi connectivity index (χ0) is 20.6. The average Bonchev–Trinajstić information content (AvgIpc) is 3.11. The van der Waals surface area contributed by atoms with Gasteiger partial charge >= 0.3 is 0 Å². The minimum absolute atomic E-state index is 0.0267. The number of rotatable bonds is 4. The smallest absolute Gasteiger partial charge is 0.243 e. The Morgan fingerprint density at radius 1 is 0.931 bits per heavy atom. The topological polar surface area (TPSA) is 47.0 Å². The molecule has 0 saturated carbocycles. The van der Waals surface area contributed by atoms with Crippen molar-refractivity contribution < 1.29 is 4.74 Å². The first-order valence-corrected chi connectivity index (χ1v) is 10.5. The van der Waals surface area contributed by atoms with Gasteiger partial charge in [-0.25, -0.2) is 9.97 Å². The SMILES string of the molecule is Cc1ccc(C)c2sc(Nc3cccnc3Oc3ccccc3C(C)(C)C)nc12. The largest absolute Gasteiger partial charge is 0.437 e. The van der Waals surface area contributed by atoms with Gasteiger partial charge in [0.2, 0.25) is 5.88 Å². The van der Waals surface area contributed by atoms with Gasteiger partial charge in [0.05, 0.1) is 10.2 Å². The number of aryl methyl sites for hydroxylation is 2. The summed E-state index contributed by atoms with van der Waals surface area (Å²) in [4.78, 5) is 9.27. The molecular weight excluding hydrogens is 378 g/mol. The van der Waals surface area contributed by atoms with Crippen molar-refractivity contribution >= 4 is 32.4 Å². The van der Waals surface area contributed by atoms with Crippen molar-refractivity contribution in [1.82, 2.24) is 9.97 Å². The predicted octanol–water partition coefficient (Wildman–Crippen LogP) is 7.14. The maximum atomic E-state index is 6.26. The van der Waals surface area contributed by atoms with Gasteiger partial charge in [0.25, 0.3) is 0 Å². The second-order valence-corrected chi connectivity index (χ2v) is 9.22. The number of hydrogen-bond donors (Lipinski definition) is 1. The maximum Gasteiger partial charge on any atom is 0.243 e. The van der Waals surface area contributed by atoms with E-state index in [4.69, 9.17) is 9.72 Å². The number of para-hydroxylation sites is 1. The molecule has 1 N–H and O–H groups in total. The van der Waals surface area contributed by atoms with Gasteiger partial charge in [-0.05, 0) is 48.6 Å². The molecule has 0 saturated heterocycles. The molecule has 4 aromatic rings. The lowest BCUT2D eigenvalue weighted by Gasteiger charge is -2.22. The third kappa shape index (κ3) is 3.96. The van der Waals surface area contributed by atoms with Gasteiger partial charge in [-0.1, -0.05) is 62.4 Å². The Morgan fingerprint density at radius 3 is 2.45 bits per heavy atom. The molecule has 2 aromatic heterocycles. The number of benzene rings is 2. The van der Waals surface area contributed by atoms with Crippen LogP contribution in [0.25, 0.3) is 10.2 Å². The van der Waals surface area contributed by atoms with Gasteiger partial charge in [0.1, 0.15) is 11.4 Å². The van der Waals surface area contributed by atoms with Crippen LogP contribution in [0.3, 0.4) is 0 Å². The van der Waals surface area contributed by atoms with Crippen molar-refractivity contribution in [3.63, 3.8) is 0 Å². The lowest BCUT2D eigenvalue weighted by Crippen LogP contribution is -2.12. The molecule has 4 nitrogen and oxygen atoms in total. The molecule has 0 unspecified atom stereocenters. The molecule has 2 aromatic carbocycles. The molecule has 5 heteroatoms. The van der Waals surface area contributed by atoms with Crippen molar-refractivity contribution in [3.05, 3.63) is 71.4 Å². The van der Waals surface area contributed by atoms with Gasteiger partial charge in [0.15, 0.2) is 5.13 Å². The minimum atomic E-state index is -0.0267. The van der Waals surface area contributed by atoms with Crippen LogP contribution in [0.4, 0.5) is 10.8 Å². The fraction of sp³-hybridized carbons (Fsp3) is 0.250. The van der Waals surface area contributed by atoms with Crippen molar-refractivity contribution in [2.75, 3.05) is 5.32 Å². The number of aromatic nitrogens is 2. The number of nitrogens with one attached hydrogen (secondary N) is 1. The zero-order valence-electron chi connectivity index (χ0n) is 17.4. The highest BCUT2D eigenvalue weighted by atomic mass is 32.1. The minimum Gasteiger partial charge on any atom is -0.437 e. The third-order valence-electron chi connectivity index (χ3n) is 4.86. The Balaban J connectivity index is 1.69. The number of thiazole rings is 1. The number of ether oxygens (including phenoxy) is 1. The standard InChI is InChI=1S/C24H25N3OS/c1-15-12-13-16(2)21-20(15)27-23(29-21)26-18-10-8-14-25-22(18)28-19-11-7-6-9-17(19)24(3,4)5/h6-14H,1-5H3,(H,26,27). The Hall–Kier alpha value is -2.92. The second-order valence-electron chi connectivity index (χ2n) is 8.23. The zero-order valence-corrected chi connectivity index (χ0v) is 18.2. The van der Waals surface area contributed by atoms with Gasteiger partial charge in [0, 0.05) is 11.8 Å². The highest BCUT2D eigenvalue weighted by molar-refractivity contribution is 7.22. The van der Waals surface area contributed by atoms with E-state index in [1.165, 1.54) is 15.8 Å². The molecule has 0 aliphatic carbocycles. The highest BCUT2D eigenvalue weighted by Crippen LogP contribution is 2.38. The van der Waals surface area contributed by atoms with Crippen LogP contribution in [0.15, 0.2) is 54.7 Å². The summed E-state index contributed by atoms with van der Waals surface area (Å²) in [6, 6.07) is 16.2. The van der Waals surface area contributed by atoms with Crippen LogP contribution in [0.5, 0.6) is 11.6 Å². The number of anilines is 2. The van der Waals surface area contributed by atoms with Crippen LogP contribution in [0.2, 0.25) is 0 Å². The Labute approximate surface area is 175 Å². The van der Waals surface area contributed by atoms with Crippen LogP contribution in [-0.2, 0) is 5.41 Å². The van der Waals surface area contributed by atoms with Gasteiger partial charge in [-0.15, -0.1) is 0 Å². The number of hydrogen-bond acceptors (Lipinski definition) is 5. The second kappa shape index (κ2) is 7.48. The maximum absolute atomic E-state index is 6.26. The lowest BCUT2D eigenvalue weighted by molar-refractivity contribution is 0.442. The molecule has 4 rings (SSSR count). The molecule has 2 heterocycles. The van der Waals surface area contributed by atoms with E-state index in [0.717, 1.165) is 27.6 Å². The number of nitrogens with zero attached hydrogens (tertiary/aromatic N) is 2. The summed E-state index contributed by atoms with van der Waals surface area (Å²) < 4.78 is 7.47. The first kappa shape index (κ1) is 19.4. The summed E-state index contributed by atoms with van der Waals surface area (Å²) in [7, 11) is 0. The summed E-state index contributed by atoms with van der Waals surface area (Å²) in [6.07, 6.45) is 1.74. The van der Waals surface area contributed by atoms with Crippen LogP contribution in [0, 0.1) is 13.8 Å². The molecular formula is C24H25N3OS. The average molecular weight is 404 g/mol. The quantitative estimate of drug-likeness (QED) is 0.393. The van der Waals surface area contributed by atoms with Crippen LogP contribution >= 0.6 is 11.3 Å². The Bertz CT molecular complexity index is 1140. The van der Waals surface area contributed by atoms with E-state index in [9.17, 15) is 0 Å². The Kier molecular flexibility index (Phi) is 5.01. The summed E-state index contributed by atoms with van der Waals surface area (Å²) in [6.45, 7) is 10.7. The molecule has 0 bridgehead atoms.